The summed E-state index contributed by atoms with van der Waals surface area (Å²) < 4.78 is 19.8. The highest BCUT2D eigenvalue weighted by atomic mass is 19.1. The summed E-state index contributed by atoms with van der Waals surface area (Å²) in [5, 5.41) is 2.70. The van der Waals surface area contributed by atoms with Crippen LogP contribution in [0.2, 0.25) is 0 Å². The first-order valence-corrected chi connectivity index (χ1v) is 8.51. The number of rotatable bonds is 4. The minimum atomic E-state index is -0.437. The summed E-state index contributed by atoms with van der Waals surface area (Å²) in [6, 6.07) is 4.88. The molecule has 0 atom stereocenters. The van der Waals surface area contributed by atoms with Crippen LogP contribution in [0.3, 0.4) is 0 Å². The first-order chi connectivity index (χ1) is 12.1. The van der Waals surface area contributed by atoms with Gasteiger partial charge in [0.2, 0.25) is 0 Å². The quantitative estimate of drug-likeness (QED) is 0.825. The van der Waals surface area contributed by atoms with Crippen molar-refractivity contribution in [1.82, 2.24) is 0 Å². The molecule has 1 aromatic rings. The first kappa shape index (κ1) is 17.2. The molecule has 130 valence electrons. The van der Waals surface area contributed by atoms with Crippen molar-refractivity contribution < 1.29 is 13.9 Å². The van der Waals surface area contributed by atoms with E-state index in [4.69, 9.17) is 4.74 Å². The lowest BCUT2D eigenvalue weighted by Crippen LogP contribution is -2.15. The molecule has 0 aromatic heterocycles. The molecule has 4 heteroatoms. The molecule has 0 saturated heterocycles. The van der Waals surface area contributed by atoms with Crippen molar-refractivity contribution >= 4 is 17.2 Å². The third-order valence-electron chi connectivity index (χ3n) is 4.61. The largest absolute Gasteiger partial charge is 0.497 e. The van der Waals surface area contributed by atoms with Gasteiger partial charge in [-0.15, -0.1) is 0 Å². The molecule has 0 saturated carbocycles. The van der Waals surface area contributed by atoms with Crippen molar-refractivity contribution in [2.45, 2.75) is 32.6 Å². The van der Waals surface area contributed by atoms with Crippen molar-refractivity contribution in [3.63, 3.8) is 0 Å². The van der Waals surface area contributed by atoms with E-state index in [1.807, 2.05) is 37.3 Å². The Labute approximate surface area is 147 Å². The molecule has 1 amide bonds. The maximum Gasteiger partial charge on any atom is 0.251 e. The molecule has 0 bridgehead atoms. The van der Waals surface area contributed by atoms with Crippen LogP contribution in [0.15, 0.2) is 59.4 Å². The molecular formula is C21H22FNO2. The Balaban J connectivity index is 1.81. The van der Waals surface area contributed by atoms with Gasteiger partial charge in [0, 0.05) is 5.57 Å². The number of carbonyl (C=O) groups is 1. The van der Waals surface area contributed by atoms with Crippen molar-refractivity contribution in [1.29, 1.82) is 0 Å². The fraction of sp³-hybridized carbons (Fsp3) is 0.286. The average Bonchev–Trinajstić information content (AvgIpc) is 2.89. The fourth-order valence-electron chi connectivity index (χ4n) is 3.16. The number of ether oxygens (including phenoxy) is 1. The SMILES string of the molecule is COC1=CC(c2ccc(NC(=O)C3=C(C)CCC3)c(F)c2)=CCC=C1. The van der Waals surface area contributed by atoms with Gasteiger partial charge in [0.25, 0.3) is 5.91 Å². The lowest BCUT2D eigenvalue weighted by Gasteiger charge is -2.10. The molecule has 1 N–H and O–H groups in total. The molecule has 0 radical (unpaired) electrons. The maximum absolute atomic E-state index is 14.5. The van der Waals surface area contributed by atoms with E-state index in [9.17, 15) is 9.18 Å². The van der Waals surface area contributed by atoms with E-state index in [2.05, 4.69) is 5.32 Å². The molecule has 0 aliphatic heterocycles. The van der Waals surface area contributed by atoms with Crippen LogP contribution in [0.25, 0.3) is 5.57 Å². The van der Waals surface area contributed by atoms with E-state index in [0.29, 0.717) is 0 Å². The van der Waals surface area contributed by atoms with Crippen LogP contribution in [-0.2, 0) is 9.53 Å². The summed E-state index contributed by atoms with van der Waals surface area (Å²) in [6.45, 7) is 1.97. The molecule has 2 aliphatic carbocycles. The monoisotopic (exact) mass is 339 g/mol. The summed E-state index contributed by atoms with van der Waals surface area (Å²) >= 11 is 0. The third kappa shape index (κ3) is 3.90. The van der Waals surface area contributed by atoms with Crippen LogP contribution >= 0.6 is 0 Å². The normalized spacial score (nSPS) is 17.1. The number of halogens is 1. The van der Waals surface area contributed by atoms with Gasteiger partial charge in [0.1, 0.15) is 11.6 Å². The van der Waals surface area contributed by atoms with E-state index >= 15 is 0 Å². The molecule has 0 fully saturated rings. The fourth-order valence-corrected chi connectivity index (χ4v) is 3.16. The standard InChI is InChI=1S/C21H22FNO2/c1-14-6-5-9-18(14)21(24)23-20-11-10-16(13-19(20)22)15-7-3-4-8-17(12-15)25-2/h4,7-8,10-13H,3,5-6,9H2,1-2H3,(H,23,24). The van der Waals surface area contributed by atoms with Crippen LogP contribution < -0.4 is 5.32 Å². The average molecular weight is 339 g/mol. The van der Waals surface area contributed by atoms with E-state index in [-0.39, 0.29) is 11.6 Å². The number of hydrogen-bond acceptors (Lipinski definition) is 2. The van der Waals surface area contributed by atoms with Crippen LogP contribution in [0.4, 0.5) is 10.1 Å². The summed E-state index contributed by atoms with van der Waals surface area (Å²) in [7, 11) is 1.61. The Bertz CT molecular complexity index is 815. The van der Waals surface area contributed by atoms with E-state index < -0.39 is 5.82 Å². The van der Waals surface area contributed by atoms with Gasteiger partial charge in [-0.2, -0.15) is 0 Å². The Morgan fingerprint density at radius 2 is 2.12 bits per heavy atom. The second-order valence-electron chi connectivity index (χ2n) is 6.31. The molecular weight excluding hydrogens is 317 g/mol. The topological polar surface area (TPSA) is 38.3 Å². The lowest BCUT2D eigenvalue weighted by atomic mass is 10.0. The number of nitrogens with one attached hydrogen (secondary N) is 1. The van der Waals surface area contributed by atoms with Crippen LogP contribution in [0.1, 0.15) is 38.2 Å². The summed E-state index contributed by atoms with van der Waals surface area (Å²) in [6.07, 6.45) is 11.2. The third-order valence-corrected chi connectivity index (χ3v) is 4.61. The van der Waals surface area contributed by atoms with Gasteiger partial charge in [-0.1, -0.05) is 23.8 Å². The van der Waals surface area contributed by atoms with Gasteiger partial charge in [0.15, 0.2) is 0 Å². The molecule has 0 heterocycles. The molecule has 0 spiro atoms. The highest BCUT2D eigenvalue weighted by Crippen LogP contribution is 2.28. The predicted molar refractivity (Wildman–Crippen MR) is 98.4 cm³/mol. The zero-order valence-electron chi connectivity index (χ0n) is 14.6. The molecule has 3 nitrogen and oxygen atoms in total. The minimum absolute atomic E-state index is 0.193. The Hall–Kier alpha value is -2.62. The summed E-state index contributed by atoms with van der Waals surface area (Å²) in [5.41, 5.74) is 3.75. The second-order valence-corrected chi connectivity index (χ2v) is 6.31. The van der Waals surface area contributed by atoms with Gasteiger partial charge < -0.3 is 10.1 Å². The van der Waals surface area contributed by atoms with Gasteiger partial charge in [-0.25, -0.2) is 4.39 Å². The van der Waals surface area contributed by atoms with Crippen LogP contribution in [0, 0.1) is 5.82 Å². The number of allylic oxidation sites excluding steroid dienone is 6. The number of benzene rings is 1. The minimum Gasteiger partial charge on any atom is -0.497 e. The van der Waals surface area contributed by atoms with E-state index in [0.717, 1.165) is 53.7 Å². The Kier molecular flexibility index (Phi) is 5.17. The molecule has 0 unspecified atom stereocenters. The molecule has 2 aliphatic rings. The molecule has 1 aromatic carbocycles. The highest BCUT2D eigenvalue weighted by molar-refractivity contribution is 6.04. The van der Waals surface area contributed by atoms with Gasteiger partial charge in [0.05, 0.1) is 12.8 Å². The van der Waals surface area contributed by atoms with Crippen molar-refractivity contribution in [2.75, 3.05) is 12.4 Å². The van der Waals surface area contributed by atoms with E-state index in [1.165, 1.54) is 6.07 Å². The zero-order valence-corrected chi connectivity index (χ0v) is 14.6. The summed E-state index contributed by atoms with van der Waals surface area (Å²) in [4.78, 5) is 12.3. The van der Waals surface area contributed by atoms with Crippen molar-refractivity contribution in [3.05, 3.63) is 70.8 Å². The number of anilines is 1. The van der Waals surface area contributed by atoms with Gasteiger partial charge in [-0.3, -0.25) is 4.79 Å². The first-order valence-electron chi connectivity index (χ1n) is 8.51. The number of hydrogen-bond donors (Lipinski definition) is 1. The van der Waals surface area contributed by atoms with Crippen molar-refractivity contribution in [2.24, 2.45) is 0 Å². The number of carbonyl (C=O) groups excluding carboxylic acids is 1. The number of methoxy groups -OCH3 is 1. The van der Waals surface area contributed by atoms with E-state index in [1.54, 1.807) is 13.2 Å². The Morgan fingerprint density at radius 3 is 2.80 bits per heavy atom. The molecule has 25 heavy (non-hydrogen) atoms. The molecule has 3 rings (SSSR count). The summed E-state index contributed by atoms with van der Waals surface area (Å²) in [5.74, 6) is 0.0962. The van der Waals surface area contributed by atoms with Crippen LogP contribution in [-0.4, -0.2) is 13.0 Å². The smallest absolute Gasteiger partial charge is 0.251 e. The second kappa shape index (κ2) is 7.51. The van der Waals surface area contributed by atoms with Crippen LogP contribution in [0.5, 0.6) is 0 Å². The lowest BCUT2D eigenvalue weighted by molar-refractivity contribution is -0.113. The predicted octanol–water partition coefficient (Wildman–Crippen LogP) is 5.14. The number of amides is 1. The Morgan fingerprint density at radius 1 is 1.28 bits per heavy atom. The van der Waals surface area contributed by atoms with Gasteiger partial charge in [-0.05, 0) is 68.0 Å². The highest BCUT2D eigenvalue weighted by Gasteiger charge is 2.19. The van der Waals surface area contributed by atoms with Crippen molar-refractivity contribution in [3.8, 4) is 0 Å². The maximum atomic E-state index is 14.5. The van der Waals surface area contributed by atoms with Gasteiger partial charge >= 0.3 is 0 Å². The zero-order chi connectivity index (χ0) is 17.8.